The van der Waals surface area contributed by atoms with Crippen LogP contribution in [0, 0.1) is 11.8 Å². The number of carbonyl (C=O) groups excluding carboxylic acids is 4. The van der Waals surface area contributed by atoms with Gasteiger partial charge in [0.2, 0.25) is 0 Å². The minimum absolute atomic E-state index is 0.0511. The number of nitrogens with zero attached hydrogens (tertiary/aromatic N) is 2. The number of amides is 3. The number of ketones is 1. The third-order valence-corrected chi connectivity index (χ3v) is 6.98. The zero-order valence-electron chi connectivity index (χ0n) is 18.8. The fourth-order valence-electron chi connectivity index (χ4n) is 4.65. The Morgan fingerprint density at radius 1 is 1.06 bits per heavy atom. The molecule has 0 unspecified atom stereocenters. The number of imide groups is 1. The van der Waals surface area contributed by atoms with Crippen molar-refractivity contribution >= 4 is 46.7 Å². The Hall–Kier alpha value is -2.96. The molecule has 34 heavy (non-hydrogen) atoms. The highest BCUT2D eigenvalue weighted by molar-refractivity contribution is 6.36. The monoisotopic (exact) mass is 498 g/mol. The summed E-state index contributed by atoms with van der Waals surface area (Å²) in [4.78, 5) is 54.3. The van der Waals surface area contributed by atoms with Gasteiger partial charge in [-0.25, -0.2) is 5.01 Å². The average molecular weight is 499 g/mol. The fraction of sp³-hybridized carbons (Fsp3) is 0.308. The molecule has 0 radical (unpaired) electrons. The van der Waals surface area contributed by atoms with Crippen molar-refractivity contribution in [3.05, 3.63) is 81.4 Å². The minimum Gasteiger partial charge on any atom is -0.292 e. The highest BCUT2D eigenvalue weighted by Crippen LogP contribution is 2.39. The van der Waals surface area contributed by atoms with Crippen LogP contribution in [-0.4, -0.2) is 39.6 Å². The average Bonchev–Trinajstić information content (AvgIpc) is 3.06. The van der Waals surface area contributed by atoms with Gasteiger partial charge in [0.05, 0.1) is 22.4 Å². The van der Waals surface area contributed by atoms with E-state index in [2.05, 4.69) is 0 Å². The molecule has 0 spiro atoms. The van der Waals surface area contributed by atoms with Crippen molar-refractivity contribution in [1.82, 2.24) is 10.0 Å². The van der Waals surface area contributed by atoms with Gasteiger partial charge in [-0.2, -0.15) is 5.01 Å². The summed E-state index contributed by atoms with van der Waals surface area (Å²) in [5.74, 6) is -3.14. The van der Waals surface area contributed by atoms with Crippen LogP contribution in [0.5, 0.6) is 0 Å². The molecule has 2 aliphatic rings. The summed E-state index contributed by atoms with van der Waals surface area (Å²) in [5.41, 5.74) is 1.45. The van der Waals surface area contributed by atoms with Gasteiger partial charge in [0, 0.05) is 10.6 Å². The summed E-state index contributed by atoms with van der Waals surface area (Å²) in [5, 5.41) is 2.31. The third kappa shape index (κ3) is 4.28. The van der Waals surface area contributed by atoms with Crippen molar-refractivity contribution in [3.63, 3.8) is 0 Å². The van der Waals surface area contributed by atoms with Crippen molar-refractivity contribution < 1.29 is 19.2 Å². The number of Topliss-reactive ketones (excluding diaryl/α,β-unsaturated/α-hetero) is 1. The number of benzene rings is 2. The van der Waals surface area contributed by atoms with E-state index >= 15 is 0 Å². The van der Waals surface area contributed by atoms with Crippen molar-refractivity contribution in [3.8, 4) is 0 Å². The minimum atomic E-state index is -1.08. The Morgan fingerprint density at radius 3 is 2.38 bits per heavy atom. The topological polar surface area (TPSA) is 74.8 Å². The van der Waals surface area contributed by atoms with E-state index in [1.165, 1.54) is 18.2 Å². The van der Waals surface area contributed by atoms with Crippen LogP contribution in [0.2, 0.25) is 10.0 Å². The van der Waals surface area contributed by atoms with E-state index in [1.54, 1.807) is 37.3 Å². The van der Waals surface area contributed by atoms with Crippen LogP contribution >= 0.6 is 23.2 Å². The van der Waals surface area contributed by atoms with E-state index in [4.69, 9.17) is 23.2 Å². The van der Waals surface area contributed by atoms with Crippen molar-refractivity contribution in [2.24, 2.45) is 11.8 Å². The molecule has 2 aromatic rings. The molecule has 1 aliphatic carbocycles. The predicted molar refractivity (Wildman–Crippen MR) is 129 cm³/mol. The standard InChI is InChI=1S/C26H24Cl2N2O4/c1-3-22(23(31)16-7-5-4-6-8-16)29(25(33)19-12-10-17(27)14-21(19)28)30-24(32)18-11-9-15(2)13-20(18)26(30)34/h4-10,12,14,18,20,22H,3,11,13H2,1-2H3/t18-,20-,22-/m1/s1. The Labute approximate surface area is 208 Å². The van der Waals surface area contributed by atoms with E-state index in [0.717, 1.165) is 15.6 Å². The van der Waals surface area contributed by atoms with Gasteiger partial charge >= 0.3 is 0 Å². The largest absolute Gasteiger partial charge is 0.292 e. The summed E-state index contributed by atoms with van der Waals surface area (Å²) >= 11 is 12.3. The van der Waals surface area contributed by atoms with Crippen LogP contribution in [0.4, 0.5) is 0 Å². The molecular weight excluding hydrogens is 475 g/mol. The van der Waals surface area contributed by atoms with Gasteiger partial charge in [-0.1, -0.05) is 72.1 Å². The van der Waals surface area contributed by atoms with Crippen LogP contribution in [0.1, 0.15) is 53.8 Å². The lowest BCUT2D eigenvalue weighted by Gasteiger charge is -2.36. The number of fused-ring (bicyclic) bond motifs is 1. The summed E-state index contributed by atoms with van der Waals surface area (Å²) in [7, 11) is 0. The second-order valence-electron chi connectivity index (χ2n) is 8.62. The number of hydrogen-bond acceptors (Lipinski definition) is 4. The molecule has 4 rings (SSSR count). The SMILES string of the molecule is CC[C@H](C(=O)c1ccccc1)N(C(=O)c1ccc(Cl)cc1Cl)N1C(=O)[C@@H]2CC=C(C)C[C@H]2C1=O. The van der Waals surface area contributed by atoms with Crippen LogP contribution in [0.3, 0.4) is 0 Å². The molecule has 3 amide bonds. The number of halogens is 2. The first-order valence-electron chi connectivity index (χ1n) is 11.2. The Bertz CT molecular complexity index is 1190. The maximum absolute atomic E-state index is 13.8. The van der Waals surface area contributed by atoms with Gasteiger partial charge < -0.3 is 0 Å². The Morgan fingerprint density at radius 2 is 1.74 bits per heavy atom. The zero-order chi connectivity index (χ0) is 24.6. The molecule has 3 atom stereocenters. The molecule has 1 heterocycles. The molecule has 176 valence electrons. The predicted octanol–water partition coefficient (Wildman–Crippen LogP) is 5.35. The Kier molecular flexibility index (Phi) is 6.91. The van der Waals surface area contributed by atoms with Crippen LogP contribution in [0.25, 0.3) is 0 Å². The van der Waals surface area contributed by atoms with E-state index in [0.29, 0.717) is 23.4 Å². The highest BCUT2D eigenvalue weighted by atomic mass is 35.5. The van der Waals surface area contributed by atoms with E-state index in [-0.39, 0.29) is 22.8 Å². The third-order valence-electron chi connectivity index (χ3n) is 6.43. The molecule has 0 aromatic heterocycles. The van der Waals surface area contributed by atoms with Gasteiger partial charge in [0.25, 0.3) is 17.7 Å². The zero-order valence-corrected chi connectivity index (χ0v) is 20.3. The molecular formula is C26H24Cl2N2O4. The summed E-state index contributed by atoms with van der Waals surface area (Å²) in [6, 6.07) is 11.8. The first-order valence-corrected chi connectivity index (χ1v) is 11.9. The van der Waals surface area contributed by atoms with Gasteiger partial charge in [0.15, 0.2) is 5.78 Å². The first kappa shape index (κ1) is 24.2. The van der Waals surface area contributed by atoms with E-state index < -0.39 is 35.6 Å². The van der Waals surface area contributed by atoms with Gasteiger partial charge in [-0.05, 0) is 44.4 Å². The lowest BCUT2D eigenvalue weighted by Crippen LogP contribution is -2.57. The normalized spacial score (nSPS) is 20.6. The molecule has 0 saturated carbocycles. The number of hydrogen-bond donors (Lipinski definition) is 0. The van der Waals surface area contributed by atoms with Crippen LogP contribution in [0.15, 0.2) is 60.2 Å². The second-order valence-corrected chi connectivity index (χ2v) is 9.46. The smallest absolute Gasteiger partial charge is 0.275 e. The first-order chi connectivity index (χ1) is 16.2. The number of hydrazine groups is 1. The number of carbonyl (C=O) groups is 4. The van der Waals surface area contributed by atoms with Crippen molar-refractivity contribution in [2.45, 2.75) is 39.2 Å². The van der Waals surface area contributed by atoms with Gasteiger partial charge in [-0.15, -0.1) is 0 Å². The molecule has 8 heteroatoms. The van der Waals surface area contributed by atoms with Crippen molar-refractivity contribution in [2.75, 3.05) is 0 Å². The molecule has 1 fully saturated rings. The van der Waals surface area contributed by atoms with Crippen LogP contribution < -0.4 is 0 Å². The molecule has 2 aromatic carbocycles. The second kappa shape index (κ2) is 9.72. The summed E-state index contributed by atoms with van der Waals surface area (Å²) in [6.45, 7) is 3.65. The number of rotatable bonds is 6. The van der Waals surface area contributed by atoms with Gasteiger partial charge in [0.1, 0.15) is 6.04 Å². The maximum atomic E-state index is 13.8. The summed E-state index contributed by atoms with van der Waals surface area (Å²) < 4.78 is 0. The van der Waals surface area contributed by atoms with Gasteiger partial charge in [-0.3, -0.25) is 19.2 Å². The van der Waals surface area contributed by atoms with E-state index in [1.807, 2.05) is 13.0 Å². The molecule has 1 saturated heterocycles. The Balaban J connectivity index is 1.81. The summed E-state index contributed by atoms with van der Waals surface area (Å²) in [6.07, 6.45) is 3.00. The van der Waals surface area contributed by atoms with Crippen molar-refractivity contribution in [1.29, 1.82) is 0 Å². The van der Waals surface area contributed by atoms with E-state index in [9.17, 15) is 19.2 Å². The quantitative estimate of drug-likeness (QED) is 0.305. The lowest BCUT2D eigenvalue weighted by molar-refractivity contribution is -0.156. The molecule has 0 N–H and O–H groups in total. The molecule has 1 aliphatic heterocycles. The maximum Gasteiger partial charge on any atom is 0.275 e. The molecule has 6 nitrogen and oxygen atoms in total. The lowest BCUT2D eigenvalue weighted by atomic mass is 9.82. The number of allylic oxidation sites excluding steroid dienone is 2. The molecule has 0 bridgehead atoms. The van der Waals surface area contributed by atoms with Crippen LogP contribution in [-0.2, 0) is 9.59 Å². The fourth-order valence-corrected chi connectivity index (χ4v) is 5.14. The highest BCUT2D eigenvalue weighted by Gasteiger charge is 2.53.